The Morgan fingerprint density at radius 3 is 2.30 bits per heavy atom. The zero-order valence-electron chi connectivity index (χ0n) is 18.6. The van der Waals surface area contributed by atoms with Crippen LogP contribution in [0.3, 0.4) is 0 Å². The predicted octanol–water partition coefficient (Wildman–Crippen LogP) is 5.90. The van der Waals surface area contributed by atoms with Gasteiger partial charge in [0.2, 0.25) is 0 Å². The Hall–Kier alpha value is -2.21. The van der Waals surface area contributed by atoms with E-state index in [1.54, 1.807) is 6.07 Å². The van der Waals surface area contributed by atoms with Crippen LogP contribution in [0.25, 0.3) is 0 Å². The van der Waals surface area contributed by atoms with E-state index in [0.29, 0.717) is 17.3 Å². The maximum atomic E-state index is 13.7. The smallest absolute Gasteiger partial charge is 0.270 e. The van der Waals surface area contributed by atoms with Crippen molar-refractivity contribution in [2.75, 3.05) is 5.32 Å². The highest BCUT2D eigenvalue weighted by Gasteiger charge is 2.30. The Balaban J connectivity index is 1.93. The number of alkyl halides is 2. The molecule has 2 aromatic rings. The number of aromatic nitrogens is 1. The second-order valence-corrected chi connectivity index (χ2v) is 9.64. The van der Waals surface area contributed by atoms with Gasteiger partial charge in [0.05, 0.1) is 5.56 Å². The zero-order valence-corrected chi connectivity index (χ0v) is 18.6. The number of carbonyl (C=O) groups is 1. The van der Waals surface area contributed by atoms with E-state index in [1.165, 1.54) is 18.2 Å². The number of hydrogen-bond donors (Lipinski definition) is 2. The number of amides is 1. The third kappa shape index (κ3) is 4.75. The van der Waals surface area contributed by atoms with Crippen molar-refractivity contribution in [2.45, 2.75) is 83.7 Å². The highest BCUT2D eigenvalue weighted by Crippen LogP contribution is 2.37. The van der Waals surface area contributed by atoms with Crippen LogP contribution in [0.5, 0.6) is 0 Å². The molecule has 0 radical (unpaired) electrons. The SMILES string of the molecule is Cc1c(C(=O)Nc2cccc(C(C)(F)F)c2)cc(C(C)(C)C)n1[C@H]1CC[C@@H](N)CC1. The number of halogens is 2. The van der Waals surface area contributed by atoms with E-state index >= 15 is 0 Å². The highest BCUT2D eigenvalue weighted by molar-refractivity contribution is 6.05. The molecule has 0 atom stereocenters. The lowest BCUT2D eigenvalue weighted by molar-refractivity contribution is 0.0175. The van der Waals surface area contributed by atoms with Crippen molar-refractivity contribution in [2.24, 2.45) is 5.73 Å². The van der Waals surface area contributed by atoms with Gasteiger partial charge in [-0.3, -0.25) is 4.79 Å². The molecule has 1 aliphatic carbocycles. The lowest BCUT2D eigenvalue weighted by atomic mass is 9.88. The fourth-order valence-corrected chi connectivity index (χ4v) is 4.33. The molecule has 3 N–H and O–H groups in total. The molecule has 0 bridgehead atoms. The summed E-state index contributed by atoms with van der Waals surface area (Å²) in [5, 5.41) is 2.81. The highest BCUT2D eigenvalue weighted by atomic mass is 19.3. The Bertz CT molecular complexity index is 914. The maximum Gasteiger partial charge on any atom is 0.270 e. The number of nitrogens with one attached hydrogen (secondary N) is 1. The molecule has 0 aliphatic heterocycles. The molecule has 4 nitrogen and oxygen atoms in total. The lowest BCUT2D eigenvalue weighted by Gasteiger charge is -2.33. The lowest BCUT2D eigenvalue weighted by Crippen LogP contribution is -2.30. The van der Waals surface area contributed by atoms with Crippen LogP contribution in [0, 0.1) is 6.92 Å². The Kier molecular flexibility index (Phi) is 6.10. The van der Waals surface area contributed by atoms with Crippen molar-refractivity contribution in [1.29, 1.82) is 0 Å². The molecule has 6 heteroatoms. The first-order valence-electron chi connectivity index (χ1n) is 10.7. The van der Waals surface area contributed by atoms with Gasteiger partial charge in [0, 0.05) is 47.1 Å². The van der Waals surface area contributed by atoms with Gasteiger partial charge in [-0.25, -0.2) is 8.78 Å². The van der Waals surface area contributed by atoms with Gasteiger partial charge >= 0.3 is 0 Å². The van der Waals surface area contributed by atoms with Crippen molar-refractivity contribution in [3.63, 3.8) is 0 Å². The summed E-state index contributed by atoms with van der Waals surface area (Å²) in [5.74, 6) is -3.23. The molecule has 0 saturated heterocycles. The van der Waals surface area contributed by atoms with Gasteiger partial charge in [0.25, 0.3) is 11.8 Å². The van der Waals surface area contributed by atoms with Gasteiger partial charge in [-0.15, -0.1) is 0 Å². The van der Waals surface area contributed by atoms with E-state index in [2.05, 4.69) is 30.7 Å². The summed E-state index contributed by atoms with van der Waals surface area (Å²) in [4.78, 5) is 13.1. The van der Waals surface area contributed by atoms with Crippen molar-refractivity contribution >= 4 is 11.6 Å². The number of nitrogens with two attached hydrogens (primary N) is 1. The van der Waals surface area contributed by atoms with Crippen LogP contribution < -0.4 is 11.1 Å². The maximum absolute atomic E-state index is 13.7. The van der Waals surface area contributed by atoms with Crippen LogP contribution in [-0.2, 0) is 11.3 Å². The molecular weight excluding hydrogens is 384 g/mol. The summed E-state index contributed by atoms with van der Waals surface area (Å²) in [6, 6.07) is 8.39. The number of nitrogens with zero attached hydrogens (tertiary/aromatic N) is 1. The summed E-state index contributed by atoms with van der Waals surface area (Å²) in [5.41, 5.74) is 8.82. The number of carbonyl (C=O) groups excluding carboxylic acids is 1. The first-order valence-corrected chi connectivity index (χ1v) is 10.7. The van der Waals surface area contributed by atoms with Gasteiger partial charge in [-0.1, -0.05) is 32.9 Å². The van der Waals surface area contributed by atoms with Crippen LogP contribution in [0.4, 0.5) is 14.5 Å². The minimum Gasteiger partial charge on any atom is -0.345 e. The van der Waals surface area contributed by atoms with E-state index in [0.717, 1.165) is 44.0 Å². The third-order valence-electron chi connectivity index (χ3n) is 6.04. The van der Waals surface area contributed by atoms with Crippen molar-refractivity contribution in [3.8, 4) is 0 Å². The molecule has 3 rings (SSSR count). The molecule has 164 valence electrons. The second-order valence-electron chi connectivity index (χ2n) is 9.64. The minimum absolute atomic E-state index is 0.122. The van der Waals surface area contributed by atoms with Gasteiger partial charge in [-0.05, 0) is 50.8 Å². The molecule has 1 aromatic heterocycles. The summed E-state index contributed by atoms with van der Waals surface area (Å²) in [6.07, 6.45) is 3.94. The first kappa shape index (κ1) is 22.5. The molecule has 1 aliphatic rings. The van der Waals surface area contributed by atoms with Crippen LogP contribution in [0.15, 0.2) is 30.3 Å². The van der Waals surface area contributed by atoms with E-state index in [9.17, 15) is 13.6 Å². The average molecular weight is 418 g/mol. The molecule has 1 heterocycles. The molecular formula is C24H33F2N3O. The van der Waals surface area contributed by atoms with E-state index in [1.807, 2.05) is 13.0 Å². The fourth-order valence-electron chi connectivity index (χ4n) is 4.33. The Morgan fingerprint density at radius 1 is 1.10 bits per heavy atom. The monoisotopic (exact) mass is 417 g/mol. The number of rotatable bonds is 4. The summed E-state index contributed by atoms with van der Waals surface area (Å²) in [6.45, 7) is 9.24. The first-order chi connectivity index (χ1) is 13.9. The fraction of sp³-hybridized carbons (Fsp3) is 0.542. The van der Waals surface area contributed by atoms with E-state index in [-0.39, 0.29) is 22.9 Å². The van der Waals surface area contributed by atoms with E-state index in [4.69, 9.17) is 5.73 Å². The largest absolute Gasteiger partial charge is 0.345 e. The molecule has 1 amide bonds. The summed E-state index contributed by atoms with van der Waals surface area (Å²) >= 11 is 0. The normalized spacial score (nSPS) is 20.3. The Labute approximate surface area is 177 Å². The van der Waals surface area contributed by atoms with Gasteiger partial charge in [0.15, 0.2) is 0 Å². The van der Waals surface area contributed by atoms with Crippen LogP contribution in [0.1, 0.15) is 86.7 Å². The van der Waals surface area contributed by atoms with E-state index < -0.39 is 5.92 Å². The van der Waals surface area contributed by atoms with Crippen molar-refractivity contribution in [1.82, 2.24) is 4.57 Å². The molecule has 0 unspecified atom stereocenters. The quantitative estimate of drug-likeness (QED) is 0.651. The van der Waals surface area contributed by atoms with Gasteiger partial charge < -0.3 is 15.6 Å². The second kappa shape index (κ2) is 8.14. The summed E-state index contributed by atoms with van der Waals surface area (Å²) in [7, 11) is 0. The number of benzene rings is 1. The predicted molar refractivity (Wildman–Crippen MR) is 117 cm³/mol. The molecule has 1 aromatic carbocycles. The average Bonchev–Trinajstić information content (AvgIpc) is 3.00. The molecule has 1 fully saturated rings. The Morgan fingerprint density at radius 2 is 1.73 bits per heavy atom. The standard InChI is InChI=1S/C24H33F2N3O/c1-15-20(22(30)28-18-8-6-7-16(13-18)24(5,25)26)14-21(23(2,3)4)29(15)19-11-9-17(27)10-12-19/h6-8,13-14,17,19H,9-12,27H2,1-5H3,(H,28,30)/t17-,19+. The topological polar surface area (TPSA) is 60.0 Å². The van der Waals surface area contributed by atoms with Gasteiger partial charge in [-0.2, -0.15) is 0 Å². The van der Waals surface area contributed by atoms with Crippen molar-refractivity contribution < 1.29 is 13.6 Å². The van der Waals surface area contributed by atoms with Crippen LogP contribution in [-0.4, -0.2) is 16.5 Å². The zero-order chi connectivity index (χ0) is 22.3. The van der Waals surface area contributed by atoms with Crippen LogP contribution >= 0.6 is 0 Å². The van der Waals surface area contributed by atoms with Crippen LogP contribution in [0.2, 0.25) is 0 Å². The molecule has 30 heavy (non-hydrogen) atoms. The number of anilines is 1. The summed E-state index contributed by atoms with van der Waals surface area (Å²) < 4.78 is 29.6. The minimum atomic E-state index is -2.96. The molecule has 1 saturated carbocycles. The van der Waals surface area contributed by atoms with Gasteiger partial charge in [0.1, 0.15) is 0 Å². The third-order valence-corrected chi connectivity index (χ3v) is 6.04. The molecule has 0 spiro atoms. The van der Waals surface area contributed by atoms with Crippen molar-refractivity contribution in [3.05, 3.63) is 52.8 Å². The number of hydrogen-bond acceptors (Lipinski definition) is 2.